The fourth-order valence-corrected chi connectivity index (χ4v) is 3.78. The molecule has 1 aromatic rings. The van der Waals surface area contributed by atoms with Crippen molar-refractivity contribution in [2.75, 3.05) is 37.6 Å². The number of nitrogens with zero attached hydrogens (tertiary/aromatic N) is 5. The molecule has 1 aromatic heterocycles. The van der Waals surface area contributed by atoms with Crippen molar-refractivity contribution in [3.8, 4) is 6.07 Å². The second-order valence-electron chi connectivity index (χ2n) is 7.27. The van der Waals surface area contributed by atoms with Crippen LogP contribution < -0.4 is 4.90 Å². The zero-order chi connectivity index (χ0) is 19.5. The van der Waals surface area contributed by atoms with Crippen LogP contribution in [0.2, 0.25) is 0 Å². The van der Waals surface area contributed by atoms with Gasteiger partial charge in [-0.3, -0.25) is 9.69 Å². The molecule has 1 aliphatic carbocycles. The van der Waals surface area contributed by atoms with Gasteiger partial charge in [-0.2, -0.15) is 5.26 Å². The Morgan fingerprint density at radius 2 is 2.07 bits per heavy atom. The summed E-state index contributed by atoms with van der Waals surface area (Å²) in [7, 11) is 0. The summed E-state index contributed by atoms with van der Waals surface area (Å²) in [6, 6.07) is 5.83. The third kappa shape index (κ3) is 3.80. The van der Waals surface area contributed by atoms with Crippen LogP contribution in [0.3, 0.4) is 0 Å². The summed E-state index contributed by atoms with van der Waals surface area (Å²) in [4.78, 5) is 25.4. The van der Waals surface area contributed by atoms with Crippen molar-refractivity contribution in [1.82, 2.24) is 9.88 Å². The number of nitriles is 1. The molecule has 6 nitrogen and oxygen atoms in total. The molecule has 142 valence electrons. The number of aromatic nitrogens is 1. The van der Waals surface area contributed by atoms with E-state index in [4.69, 9.17) is 5.26 Å². The van der Waals surface area contributed by atoms with Gasteiger partial charge in [0.15, 0.2) is 0 Å². The first-order valence-electron chi connectivity index (χ1n) is 9.72. The molecule has 1 fully saturated rings. The van der Waals surface area contributed by atoms with Crippen LogP contribution in [0.5, 0.6) is 0 Å². The number of piperazine rings is 1. The molecule has 1 saturated heterocycles. The Hall–Kier alpha value is -3.04. The average Bonchev–Trinajstić information content (AvgIpc) is 2.74. The van der Waals surface area contributed by atoms with E-state index in [-0.39, 0.29) is 11.8 Å². The van der Waals surface area contributed by atoms with Crippen LogP contribution in [0.15, 0.2) is 58.8 Å². The molecule has 3 aliphatic rings. The molecule has 0 N–H and O–H groups in total. The van der Waals surface area contributed by atoms with Gasteiger partial charge in [0.1, 0.15) is 11.9 Å². The number of amides is 1. The lowest BCUT2D eigenvalue weighted by molar-refractivity contribution is -0.114. The van der Waals surface area contributed by atoms with E-state index in [9.17, 15) is 4.79 Å². The highest BCUT2D eigenvalue weighted by Crippen LogP contribution is 2.24. The highest BCUT2D eigenvalue weighted by molar-refractivity contribution is 6.13. The Kier molecular flexibility index (Phi) is 5.18. The van der Waals surface area contributed by atoms with Gasteiger partial charge >= 0.3 is 0 Å². The van der Waals surface area contributed by atoms with Crippen molar-refractivity contribution >= 4 is 17.4 Å². The highest BCUT2D eigenvalue weighted by atomic mass is 16.1. The summed E-state index contributed by atoms with van der Waals surface area (Å²) in [5.41, 5.74) is 3.45. The van der Waals surface area contributed by atoms with Gasteiger partial charge in [-0.1, -0.05) is 25.2 Å². The number of anilines is 1. The zero-order valence-electron chi connectivity index (χ0n) is 16.0. The minimum Gasteiger partial charge on any atom is -0.354 e. The average molecular weight is 373 g/mol. The van der Waals surface area contributed by atoms with Gasteiger partial charge in [-0.05, 0) is 30.2 Å². The number of carbonyl (C=O) groups is 1. The van der Waals surface area contributed by atoms with Crippen LogP contribution in [0, 0.1) is 17.2 Å². The largest absolute Gasteiger partial charge is 0.354 e. The van der Waals surface area contributed by atoms with Gasteiger partial charge in [0.25, 0.3) is 5.91 Å². The predicted molar refractivity (Wildman–Crippen MR) is 109 cm³/mol. The van der Waals surface area contributed by atoms with Gasteiger partial charge in [0.05, 0.1) is 11.3 Å². The number of carbonyl (C=O) groups excluding carboxylic acids is 1. The molecule has 0 radical (unpaired) electrons. The van der Waals surface area contributed by atoms with Crippen molar-refractivity contribution < 1.29 is 4.79 Å². The molecule has 0 spiro atoms. The lowest BCUT2D eigenvalue weighted by Gasteiger charge is -2.36. The molecule has 28 heavy (non-hydrogen) atoms. The fraction of sp³-hybridized carbons (Fsp3) is 0.364. The van der Waals surface area contributed by atoms with E-state index in [1.54, 1.807) is 6.20 Å². The van der Waals surface area contributed by atoms with E-state index in [1.165, 1.54) is 5.57 Å². The molecule has 0 bridgehead atoms. The maximum Gasteiger partial charge on any atom is 0.272 e. The monoisotopic (exact) mass is 373 g/mol. The summed E-state index contributed by atoms with van der Waals surface area (Å²) in [5, 5.41) is 8.89. The van der Waals surface area contributed by atoms with E-state index >= 15 is 0 Å². The molecule has 4 rings (SSSR count). The van der Waals surface area contributed by atoms with Crippen molar-refractivity contribution in [3.63, 3.8) is 0 Å². The zero-order valence-corrected chi connectivity index (χ0v) is 16.0. The van der Waals surface area contributed by atoms with Crippen molar-refractivity contribution in [1.29, 1.82) is 5.26 Å². The lowest BCUT2D eigenvalue weighted by atomic mass is 9.89. The van der Waals surface area contributed by atoms with Crippen LogP contribution >= 0.6 is 0 Å². The normalized spacial score (nSPS) is 22.1. The van der Waals surface area contributed by atoms with Gasteiger partial charge in [-0.15, -0.1) is 0 Å². The first kappa shape index (κ1) is 18.3. The highest BCUT2D eigenvalue weighted by Gasteiger charge is 2.24. The smallest absolute Gasteiger partial charge is 0.272 e. The number of fused-ring (bicyclic) bond motifs is 1. The molecule has 0 aromatic carbocycles. The number of hydrogen-bond donors (Lipinski definition) is 0. The topological polar surface area (TPSA) is 72.6 Å². The molecule has 1 unspecified atom stereocenters. The van der Waals surface area contributed by atoms with E-state index in [0.29, 0.717) is 5.56 Å². The Balaban J connectivity index is 1.35. The summed E-state index contributed by atoms with van der Waals surface area (Å²) >= 11 is 0. The Labute approximate surface area is 165 Å². The molecule has 3 heterocycles. The van der Waals surface area contributed by atoms with E-state index < -0.39 is 0 Å². The first-order valence-corrected chi connectivity index (χ1v) is 9.72. The molecule has 6 heteroatoms. The number of dihydropyridines is 1. The third-order valence-electron chi connectivity index (χ3n) is 5.44. The van der Waals surface area contributed by atoms with Gasteiger partial charge < -0.3 is 4.90 Å². The lowest BCUT2D eigenvalue weighted by Crippen LogP contribution is -2.47. The fourth-order valence-electron chi connectivity index (χ4n) is 3.78. The Morgan fingerprint density at radius 1 is 1.25 bits per heavy atom. The Bertz CT molecular complexity index is 925. The summed E-state index contributed by atoms with van der Waals surface area (Å²) in [5.74, 6) is 0.964. The van der Waals surface area contributed by atoms with Gasteiger partial charge in [0, 0.05) is 50.4 Å². The van der Waals surface area contributed by atoms with Gasteiger partial charge in [0.2, 0.25) is 0 Å². The van der Waals surface area contributed by atoms with Crippen molar-refractivity contribution in [3.05, 3.63) is 59.3 Å². The quantitative estimate of drug-likeness (QED) is 0.811. The summed E-state index contributed by atoms with van der Waals surface area (Å²) < 4.78 is 0. The molecule has 1 atom stereocenters. The summed E-state index contributed by atoms with van der Waals surface area (Å²) in [6.07, 6.45) is 10.8. The Morgan fingerprint density at radius 3 is 2.75 bits per heavy atom. The van der Waals surface area contributed by atoms with Crippen LogP contribution in [0.4, 0.5) is 5.82 Å². The third-order valence-corrected chi connectivity index (χ3v) is 5.44. The van der Waals surface area contributed by atoms with E-state index in [2.05, 4.69) is 44.1 Å². The maximum absolute atomic E-state index is 12.0. The molecule has 2 aliphatic heterocycles. The number of hydrogen-bond acceptors (Lipinski definition) is 5. The number of rotatable bonds is 4. The van der Waals surface area contributed by atoms with E-state index in [1.807, 2.05) is 25.1 Å². The van der Waals surface area contributed by atoms with E-state index in [0.717, 1.165) is 56.2 Å². The van der Waals surface area contributed by atoms with Gasteiger partial charge in [-0.25, -0.2) is 9.98 Å². The standard InChI is InChI=1S/C22H23N5O/c1-2-18-12-19-5-3-16(11-20(19)25-22(18)28)15-26-7-9-27(10-8-26)21-6-4-17(13-23)14-24-21/h3-6,11-12,14,19H,2,7-10,15H2,1H3. The molecule has 1 amide bonds. The first-order chi connectivity index (χ1) is 13.7. The summed E-state index contributed by atoms with van der Waals surface area (Å²) in [6.45, 7) is 6.55. The maximum atomic E-state index is 12.0. The minimum absolute atomic E-state index is 0.0943. The van der Waals surface area contributed by atoms with Crippen molar-refractivity contribution in [2.45, 2.75) is 13.3 Å². The second-order valence-corrected chi connectivity index (χ2v) is 7.27. The SMILES string of the molecule is CCC1=CC2C=CC(CN3CCN(c4ccc(C#N)cn4)CC3)=CC2=NC1=O. The minimum atomic E-state index is -0.0943. The number of pyridine rings is 1. The molecular weight excluding hydrogens is 350 g/mol. The predicted octanol–water partition coefficient (Wildman–Crippen LogP) is 2.51. The molecular formula is C22H23N5O. The van der Waals surface area contributed by atoms with Crippen LogP contribution in [0.1, 0.15) is 18.9 Å². The number of allylic oxidation sites excluding steroid dienone is 3. The van der Waals surface area contributed by atoms with Crippen LogP contribution in [-0.4, -0.2) is 54.2 Å². The van der Waals surface area contributed by atoms with Crippen LogP contribution in [0.25, 0.3) is 0 Å². The second kappa shape index (κ2) is 7.91. The molecule has 0 saturated carbocycles. The number of aliphatic imine (C=N–C) groups is 1. The van der Waals surface area contributed by atoms with Crippen molar-refractivity contribution in [2.24, 2.45) is 10.9 Å². The van der Waals surface area contributed by atoms with Crippen LogP contribution in [-0.2, 0) is 4.79 Å².